The Morgan fingerprint density at radius 2 is 1.62 bits per heavy atom. The van der Waals surface area contributed by atoms with Crippen molar-refractivity contribution in [3.05, 3.63) is 30.3 Å². The normalized spacial score (nSPS) is 11.8. The Morgan fingerprint density at radius 1 is 0.938 bits per heavy atom. The molecular weight excluding hydrogens is 232 g/mol. The van der Waals surface area contributed by atoms with Crippen molar-refractivity contribution < 1.29 is 23.2 Å². The number of rotatable bonds is 1. The number of benzene rings is 2. The summed E-state index contributed by atoms with van der Waals surface area (Å²) in [5.74, 6) is -0.761. The summed E-state index contributed by atoms with van der Waals surface area (Å²) in [5.41, 5.74) is 0. The van der Waals surface area contributed by atoms with Crippen LogP contribution in [0.2, 0.25) is 0 Å². The molecule has 0 fully saturated rings. The van der Waals surface area contributed by atoms with Gasteiger partial charge in [0, 0.05) is 10.8 Å². The fraction of sp³-hybridized carbons (Fsp3) is 0. The van der Waals surface area contributed by atoms with Gasteiger partial charge in [-0.25, -0.2) is 0 Å². The lowest BCUT2D eigenvalue weighted by Crippen LogP contribution is -1.98. The van der Waals surface area contributed by atoms with Crippen LogP contribution in [0.5, 0.6) is 11.5 Å². The predicted molar refractivity (Wildman–Crippen MR) is 57.1 cm³/mol. The molecule has 6 heteroatoms. The molecule has 0 bridgehead atoms. The minimum Gasteiger partial charge on any atom is -0.504 e. The third-order valence-corrected chi connectivity index (χ3v) is 3.16. The summed E-state index contributed by atoms with van der Waals surface area (Å²) in [6, 6.07) is 6.50. The monoisotopic (exact) mass is 240 g/mol. The summed E-state index contributed by atoms with van der Waals surface area (Å²) in [6.45, 7) is 0. The maximum absolute atomic E-state index is 11.1. The van der Waals surface area contributed by atoms with Gasteiger partial charge >= 0.3 is 0 Å². The second-order valence-corrected chi connectivity index (χ2v) is 4.65. The Kier molecular flexibility index (Phi) is 2.25. The lowest BCUT2D eigenvalue weighted by Gasteiger charge is -2.06. The average molecular weight is 240 g/mol. The van der Waals surface area contributed by atoms with Crippen LogP contribution in [-0.4, -0.2) is 23.2 Å². The van der Waals surface area contributed by atoms with Crippen LogP contribution in [0.25, 0.3) is 10.8 Å². The molecule has 0 radical (unpaired) electrons. The van der Waals surface area contributed by atoms with Crippen LogP contribution < -0.4 is 0 Å². The summed E-state index contributed by atoms with van der Waals surface area (Å²) < 4.78 is 31.1. The lowest BCUT2D eigenvalue weighted by atomic mass is 10.1. The third kappa shape index (κ3) is 1.58. The highest BCUT2D eigenvalue weighted by atomic mass is 32.2. The van der Waals surface area contributed by atoms with E-state index in [-0.39, 0.29) is 21.4 Å². The van der Waals surface area contributed by atoms with Gasteiger partial charge in [-0.05, 0) is 18.2 Å². The van der Waals surface area contributed by atoms with E-state index in [4.69, 9.17) is 4.55 Å². The number of fused-ring (bicyclic) bond motifs is 1. The Bertz CT molecular complexity index is 660. The smallest absolute Gasteiger partial charge is 0.295 e. The van der Waals surface area contributed by atoms with Gasteiger partial charge in [-0.15, -0.1) is 0 Å². The molecular formula is C10H8O5S. The summed E-state index contributed by atoms with van der Waals surface area (Å²) >= 11 is 0. The largest absolute Gasteiger partial charge is 0.504 e. The zero-order valence-electron chi connectivity index (χ0n) is 7.95. The van der Waals surface area contributed by atoms with Gasteiger partial charge in [-0.3, -0.25) is 4.55 Å². The molecule has 0 aliphatic carbocycles. The van der Waals surface area contributed by atoms with Crippen molar-refractivity contribution in [2.24, 2.45) is 0 Å². The van der Waals surface area contributed by atoms with Crippen LogP contribution in [0.4, 0.5) is 0 Å². The van der Waals surface area contributed by atoms with Crippen LogP contribution in [-0.2, 0) is 10.1 Å². The highest BCUT2D eigenvalue weighted by molar-refractivity contribution is 7.86. The van der Waals surface area contributed by atoms with E-state index >= 15 is 0 Å². The van der Waals surface area contributed by atoms with Crippen molar-refractivity contribution in [2.75, 3.05) is 0 Å². The molecule has 2 aromatic rings. The molecule has 0 saturated heterocycles. The van der Waals surface area contributed by atoms with Gasteiger partial charge in [0.05, 0.1) is 0 Å². The van der Waals surface area contributed by atoms with E-state index in [1.54, 1.807) is 0 Å². The fourth-order valence-corrected chi connectivity index (χ4v) is 2.23. The lowest BCUT2D eigenvalue weighted by molar-refractivity contribution is 0.408. The first-order valence-corrected chi connectivity index (χ1v) is 5.76. The minimum atomic E-state index is -4.35. The van der Waals surface area contributed by atoms with Crippen LogP contribution in [0, 0.1) is 0 Å². The average Bonchev–Trinajstić information content (AvgIpc) is 2.21. The molecule has 0 aromatic heterocycles. The minimum absolute atomic E-state index is 0.153. The van der Waals surface area contributed by atoms with Crippen LogP contribution in [0.1, 0.15) is 0 Å². The summed E-state index contributed by atoms with van der Waals surface area (Å²) in [6.07, 6.45) is 0. The van der Waals surface area contributed by atoms with E-state index in [1.165, 1.54) is 24.3 Å². The second kappa shape index (κ2) is 3.36. The van der Waals surface area contributed by atoms with Crippen molar-refractivity contribution >= 4 is 20.9 Å². The molecule has 0 heterocycles. The number of aromatic hydroxyl groups is 2. The summed E-state index contributed by atoms with van der Waals surface area (Å²) in [4.78, 5) is -0.305. The molecule has 0 amide bonds. The van der Waals surface area contributed by atoms with Gasteiger partial charge in [0.25, 0.3) is 10.1 Å². The molecule has 84 valence electrons. The quantitative estimate of drug-likeness (QED) is 0.518. The van der Waals surface area contributed by atoms with E-state index in [2.05, 4.69) is 0 Å². The molecule has 16 heavy (non-hydrogen) atoms. The molecule has 3 N–H and O–H groups in total. The standard InChI is InChI=1S/C10H8O5S/c11-8-5-4-6-7(10(8)12)2-1-3-9(6)16(13,14)15/h1-5,11-12H,(H,13,14,15). The molecule has 0 unspecified atom stereocenters. The molecule has 0 aliphatic rings. The van der Waals surface area contributed by atoms with Gasteiger partial charge in [0.1, 0.15) is 4.90 Å². The molecule has 2 rings (SSSR count). The highest BCUT2D eigenvalue weighted by Crippen LogP contribution is 2.35. The first-order valence-electron chi connectivity index (χ1n) is 4.32. The van der Waals surface area contributed by atoms with Gasteiger partial charge in [-0.1, -0.05) is 12.1 Å². The van der Waals surface area contributed by atoms with E-state index in [0.717, 1.165) is 6.07 Å². The zero-order chi connectivity index (χ0) is 11.9. The van der Waals surface area contributed by atoms with Crippen LogP contribution >= 0.6 is 0 Å². The van der Waals surface area contributed by atoms with E-state index in [1.807, 2.05) is 0 Å². The second-order valence-electron chi connectivity index (χ2n) is 3.26. The van der Waals surface area contributed by atoms with E-state index < -0.39 is 15.9 Å². The fourth-order valence-electron chi connectivity index (χ4n) is 1.53. The number of hydrogen-bond acceptors (Lipinski definition) is 4. The van der Waals surface area contributed by atoms with Gasteiger partial charge in [0.2, 0.25) is 0 Å². The summed E-state index contributed by atoms with van der Waals surface area (Å²) in [7, 11) is -4.35. The number of hydrogen-bond donors (Lipinski definition) is 3. The third-order valence-electron chi connectivity index (χ3n) is 2.25. The SMILES string of the molecule is O=S(=O)(O)c1cccc2c(O)c(O)ccc12. The van der Waals surface area contributed by atoms with Crippen LogP contribution in [0.15, 0.2) is 35.2 Å². The molecule has 0 aliphatic heterocycles. The van der Waals surface area contributed by atoms with Crippen molar-refractivity contribution in [1.29, 1.82) is 0 Å². The molecule has 5 nitrogen and oxygen atoms in total. The molecule has 0 saturated carbocycles. The van der Waals surface area contributed by atoms with Crippen molar-refractivity contribution in [3.8, 4) is 11.5 Å². The van der Waals surface area contributed by atoms with Crippen molar-refractivity contribution in [1.82, 2.24) is 0 Å². The van der Waals surface area contributed by atoms with Gasteiger partial charge in [-0.2, -0.15) is 8.42 Å². The Hall–Kier alpha value is -1.79. The zero-order valence-corrected chi connectivity index (χ0v) is 8.77. The Labute approximate surface area is 91.3 Å². The summed E-state index contributed by atoms with van der Waals surface area (Å²) in [5, 5.41) is 19.1. The molecule has 0 spiro atoms. The maximum atomic E-state index is 11.1. The molecule has 2 aromatic carbocycles. The van der Waals surface area contributed by atoms with Gasteiger partial charge in [0.15, 0.2) is 11.5 Å². The molecule has 0 atom stereocenters. The first-order chi connectivity index (χ1) is 7.41. The van der Waals surface area contributed by atoms with Crippen molar-refractivity contribution in [3.63, 3.8) is 0 Å². The Morgan fingerprint density at radius 3 is 2.25 bits per heavy atom. The number of phenolic OH excluding ortho intramolecular Hbond substituents is 2. The van der Waals surface area contributed by atoms with Crippen LogP contribution in [0.3, 0.4) is 0 Å². The topological polar surface area (TPSA) is 94.8 Å². The first kappa shape index (κ1) is 10.7. The van der Waals surface area contributed by atoms with Gasteiger partial charge < -0.3 is 10.2 Å². The number of phenols is 2. The maximum Gasteiger partial charge on any atom is 0.295 e. The highest BCUT2D eigenvalue weighted by Gasteiger charge is 2.16. The van der Waals surface area contributed by atoms with E-state index in [9.17, 15) is 18.6 Å². The van der Waals surface area contributed by atoms with E-state index in [0.29, 0.717) is 0 Å². The Balaban J connectivity index is 2.96. The predicted octanol–water partition coefficient (Wildman–Crippen LogP) is 1.50. The van der Waals surface area contributed by atoms with Crippen molar-refractivity contribution in [2.45, 2.75) is 4.90 Å².